The molecule has 2 aliphatic heterocycles. The van der Waals surface area contributed by atoms with Crippen molar-refractivity contribution >= 4 is 23.5 Å². The summed E-state index contributed by atoms with van der Waals surface area (Å²) in [6, 6.07) is 6.12. The van der Waals surface area contributed by atoms with E-state index in [1.165, 1.54) is 12.0 Å². The van der Waals surface area contributed by atoms with Gasteiger partial charge in [0.15, 0.2) is 0 Å². The monoisotopic (exact) mass is 503 g/mol. The second-order valence-corrected chi connectivity index (χ2v) is 11.9. The zero-order valence-electron chi connectivity index (χ0n) is 22.7. The normalized spacial score (nSPS) is 22.8. The van der Waals surface area contributed by atoms with Crippen LogP contribution < -0.4 is 9.80 Å². The number of carbonyl (C=O) groups is 1. The van der Waals surface area contributed by atoms with Gasteiger partial charge in [0.25, 0.3) is 0 Å². The van der Waals surface area contributed by atoms with Crippen LogP contribution in [-0.2, 0) is 10.2 Å². The van der Waals surface area contributed by atoms with Gasteiger partial charge >= 0.3 is 6.09 Å². The van der Waals surface area contributed by atoms with Crippen LogP contribution in [0.2, 0.25) is 0 Å². The number of likely N-dealkylation sites (N-methyl/N-ethyl adjacent to an activating group) is 1. The number of pyridine rings is 1. The molecule has 5 rings (SSSR count). The van der Waals surface area contributed by atoms with Crippen molar-refractivity contribution in [2.24, 2.45) is 0 Å². The summed E-state index contributed by atoms with van der Waals surface area (Å²) in [7, 11) is 1.83. The Morgan fingerprint density at radius 1 is 1.24 bits per heavy atom. The van der Waals surface area contributed by atoms with Crippen molar-refractivity contribution in [1.29, 1.82) is 5.26 Å². The Morgan fingerprint density at radius 3 is 2.62 bits per heavy atom. The lowest BCUT2D eigenvalue weighted by Crippen LogP contribution is -2.51. The van der Waals surface area contributed by atoms with E-state index in [9.17, 15) is 10.1 Å². The number of hydrogen-bond acceptors (Lipinski definition) is 8. The molecular weight excluding hydrogens is 466 g/mol. The molecule has 2 aromatic rings. The molecule has 196 valence electrons. The van der Waals surface area contributed by atoms with E-state index in [2.05, 4.69) is 34.7 Å². The van der Waals surface area contributed by atoms with E-state index in [4.69, 9.17) is 14.7 Å². The molecule has 9 heteroatoms. The minimum absolute atomic E-state index is 0.0244. The number of amides is 1. The Kier molecular flexibility index (Phi) is 6.25. The third kappa shape index (κ3) is 4.36. The van der Waals surface area contributed by atoms with Gasteiger partial charge in [-0.1, -0.05) is 6.42 Å². The summed E-state index contributed by atoms with van der Waals surface area (Å²) in [6.45, 7) is 10.8. The fraction of sp³-hybridized carbons (Fsp3) is 0.607. The van der Waals surface area contributed by atoms with Crippen LogP contribution in [0.5, 0.6) is 0 Å². The molecule has 1 aliphatic carbocycles. The van der Waals surface area contributed by atoms with Crippen molar-refractivity contribution in [3.8, 4) is 6.07 Å². The average Bonchev–Trinajstić information content (AvgIpc) is 3.40. The van der Waals surface area contributed by atoms with Crippen LogP contribution in [0, 0.1) is 11.3 Å². The van der Waals surface area contributed by atoms with E-state index in [1.54, 1.807) is 23.5 Å². The maximum Gasteiger partial charge on any atom is 0.410 e. The molecule has 37 heavy (non-hydrogen) atoms. The molecule has 0 radical (unpaired) electrons. The van der Waals surface area contributed by atoms with Crippen LogP contribution in [0.3, 0.4) is 0 Å². The number of carbonyl (C=O) groups excluding carboxylic acids is 1. The summed E-state index contributed by atoms with van der Waals surface area (Å²) < 4.78 is 5.67. The zero-order valence-corrected chi connectivity index (χ0v) is 22.7. The molecule has 2 aromatic heterocycles. The Balaban J connectivity index is 1.52. The first kappa shape index (κ1) is 25.2. The van der Waals surface area contributed by atoms with Gasteiger partial charge in [0.2, 0.25) is 0 Å². The number of aromatic nitrogens is 3. The highest BCUT2D eigenvalue weighted by Crippen LogP contribution is 2.56. The van der Waals surface area contributed by atoms with Crippen LogP contribution in [-0.4, -0.2) is 63.3 Å². The third-order valence-corrected chi connectivity index (χ3v) is 8.32. The zero-order chi connectivity index (χ0) is 26.5. The molecule has 4 heterocycles. The second kappa shape index (κ2) is 9.16. The van der Waals surface area contributed by atoms with Crippen LogP contribution in [0.1, 0.15) is 77.8 Å². The van der Waals surface area contributed by atoms with Crippen LogP contribution in [0.15, 0.2) is 24.7 Å². The molecule has 1 spiro atoms. The molecule has 9 nitrogen and oxygen atoms in total. The van der Waals surface area contributed by atoms with Gasteiger partial charge in [-0.3, -0.25) is 0 Å². The van der Waals surface area contributed by atoms with Gasteiger partial charge < -0.3 is 19.4 Å². The highest BCUT2D eigenvalue weighted by atomic mass is 16.6. The average molecular weight is 504 g/mol. The summed E-state index contributed by atoms with van der Waals surface area (Å²) in [5.41, 5.74) is 1.21. The van der Waals surface area contributed by atoms with E-state index in [0.717, 1.165) is 49.7 Å². The maximum atomic E-state index is 12.9. The van der Waals surface area contributed by atoms with Crippen LogP contribution >= 0.6 is 0 Å². The Morgan fingerprint density at radius 2 is 1.97 bits per heavy atom. The molecule has 0 aromatic carbocycles. The van der Waals surface area contributed by atoms with Gasteiger partial charge in [-0.15, -0.1) is 0 Å². The highest BCUT2D eigenvalue weighted by molar-refractivity contribution is 5.75. The van der Waals surface area contributed by atoms with Gasteiger partial charge in [0, 0.05) is 36.8 Å². The number of rotatable bonds is 4. The number of anilines is 3. The molecule has 3 aliphatic rings. The smallest absolute Gasteiger partial charge is 0.410 e. The van der Waals surface area contributed by atoms with Crippen molar-refractivity contribution < 1.29 is 9.53 Å². The van der Waals surface area contributed by atoms with E-state index in [-0.39, 0.29) is 29.6 Å². The third-order valence-electron chi connectivity index (χ3n) is 8.32. The van der Waals surface area contributed by atoms with E-state index in [1.807, 2.05) is 33.9 Å². The number of nitrogens with zero attached hydrogens (tertiary/aromatic N) is 7. The topological polar surface area (TPSA) is 98.5 Å². The van der Waals surface area contributed by atoms with Gasteiger partial charge in [0.1, 0.15) is 29.4 Å². The predicted molar refractivity (Wildman–Crippen MR) is 142 cm³/mol. The number of hydrogen-bond donors (Lipinski definition) is 0. The van der Waals surface area contributed by atoms with Crippen molar-refractivity contribution in [1.82, 2.24) is 19.9 Å². The first-order valence-corrected chi connectivity index (χ1v) is 13.3. The van der Waals surface area contributed by atoms with Crippen molar-refractivity contribution in [2.45, 2.75) is 95.9 Å². The van der Waals surface area contributed by atoms with E-state index >= 15 is 0 Å². The fourth-order valence-corrected chi connectivity index (χ4v) is 6.15. The Bertz CT molecular complexity index is 1230. The molecular formula is C28H37N7O2. The predicted octanol–water partition coefficient (Wildman–Crippen LogP) is 4.93. The van der Waals surface area contributed by atoms with Crippen molar-refractivity contribution in [3.05, 3.63) is 35.8 Å². The van der Waals surface area contributed by atoms with E-state index in [0.29, 0.717) is 5.56 Å². The first-order chi connectivity index (χ1) is 17.5. The second-order valence-electron chi connectivity index (χ2n) is 11.9. The maximum absolute atomic E-state index is 12.9. The summed E-state index contributed by atoms with van der Waals surface area (Å²) in [5.74, 6) is 2.61. The fourth-order valence-electron chi connectivity index (χ4n) is 6.15. The van der Waals surface area contributed by atoms with Gasteiger partial charge in [0.05, 0.1) is 23.7 Å². The van der Waals surface area contributed by atoms with Gasteiger partial charge in [-0.25, -0.2) is 19.7 Å². The standard InChI is InChI=1S/C28H37N7O2/c1-18-8-9-21(19(2)33(6)26(36)37-27(3,4)5)35(18)25-23-24(31-17-32-25)34(16-28(23)11-7-12-28)22-14-20(15-29)10-13-30-22/h10,13-14,17-19,21H,7-9,11-12,16H2,1-6H3/t18-,19+,21+/m1/s1. The summed E-state index contributed by atoms with van der Waals surface area (Å²) in [6.07, 6.45) is 8.35. The number of fused-ring (bicyclic) bond motifs is 2. The largest absolute Gasteiger partial charge is 0.444 e. The molecule has 2 fully saturated rings. The molecule has 3 atom stereocenters. The van der Waals surface area contributed by atoms with Gasteiger partial charge in [-0.05, 0) is 72.4 Å². The lowest BCUT2D eigenvalue weighted by Gasteiger charge is -2.43. The van der Waals surface area contributed by atoms with Crippen LogP contribution in [0.4, 0.5) is 22.2 Å². The minimum atomic E-state index is -0.544. The summed E-state index contributed by atoms with van der Waals surface area (Å²) in [4.78, 5) is 33.5. The Labute approximate surface area is 219 Å². The van der Waals surface area contributed by atoms with Gasteiger partial charge in [-0.2, -0.15) is 5.26 Å². The summed E-state index contributed by atoms with van der Waals surface area (Å²) in [5, 5.41) is 9.44. The molecule has 1 saturated heterocycles. The lowest BCUT2D eigenvalue weighted by molar-refractivity contribution is 0.0215. The quantitative estimate of drug-likeness (QED) is 0.579. The molecule has 1 amide bonds. The first-order valence-electron chi connectivity index (χ1n) is 13.3. The SMILES string of the molecule is C[C@@H]1CC[C@@H]([C@H](C)N(C)C(=O)OC(C)(C)C)N1c1ncnc2c1C1(CCC1)CN2c1cc(C#N)ccn1. The van der Waals surface area contributed by atoms with Crippen molar-refractivity contribution in [2.75, 3.05) is 23.4 Å². The molecule has 0 unspecified atom stereocenters. The molecule has 0 bridgehead atoms. The summed E-state index contributed by atoms with van der Waals surface area (Å²) >= 11 is 0. The lowest BCUT2D eigenvalue weighted by atomic mass is 9.66. The minimum Gasteiger partial charge on any atom is -0.444 e. The van der Waals surface area contributed by atoms with Crippen molar-refractivity contribution in [3.63, 3.8) is 0 Å². The number of ether oxygens (including phenoxy) is 1. The number of nitriles is 1. The molecule has 0 N–H and O–H groups in total. The van der Waals surface area contributed by atoms with E-state index < -0.39 is 5.60 Å². The van der Waals surface area contributed by atoms with Crippen LogP contribution in [0.25, 0.3) is 0 Å². The Hall–Kier alpha value is -3.41. The highest BCUT2D eigenvalue weighted by Gasteiger charge is 2.52. The molecule has 1 saturated carbocycles.